The Balaban J connectivity index is 2.02. The van der Waals surface area contributed by atoms with Crippen molar-refractivity contribution in [1.29, 1.82) is 0 Å². The number of carbonyl (C=O) groups is 1. The molecule has 0 aromatic heterocycles. The number of carbonyl (C=O) groups excluding carboxylic acids is 1. The van der Waals surface area contributed by atoms with Gasteiger partial charge in [-0.15, -0.1) is 0 Å². The van der Waals surface area contributed by atoms with Crippen molar-refractivity contribution in [2.24, 2.45) is 0 Å². The lowest BCUT2D eigenvalue weighted by Gasteiger charge is -2.29. The van der Waals surface area contributed by atoms with E-state index >= 15 is 0 Å². The first-order valence-electron chi connectivity index (χ1n) is 8.51. The number of hydrogen-bond acceptors (Lipinski definition) is 6. The van der Waals surface area contributed by atoms with E-state index in [1.165, 1.54) is 0 Å². The van der Waals surface area contributed by atoms with Gasteiger partial charge in [0.2, 0.25) is 0 Å². The minimum Gasteiger partial charge on any atom is -0.507 e. The van der Waals surface area contributed by atoms with Crippen LogP contribution in [0.15, 0.2) is 30.3 Å². The number of phenols is 2. The molecule has 2 aromatic rings. The van der Waals surface area contributed by atoms with Crippen molar-refractivity contribution in [2.45, 2.75) is 44.8 Å². The summed E-state index contributed by atoms with van der Waals surface area (Å²) < 4.78 is 6.02. The van der Waals surface area contributed by atoms with E-state index in [0.717, 1.165) is 11.6 Å². The van der Waals surface area contributed by atoms with Crippen LogP contribution in [-0.4, -0.2) is 26.7 Å². The Kier molecular flexibility index (Phi) is 4.54. The molecular weight excluding hydrogens is 334 g/mol. The zero-order chi connectivity index (χ0) is 19.1. The maximum Gasteiger partial charge on any atom is 0.174 e. The average molecular weight is 357 g/mol. The second-order valence-electron chi connectivity index (χ2n) is 7.31. The maximum atomic E-state index is 12.6. The van der Waals surface area contributed by atoms with Crippen LogP contribution in [-0.2, 0) is 6.42 Å². The molecule has 0 amide bonds. The van der Waals surface area contributed by atoms with Gasteiger partial charge in [0.15, 0.2) is 5.78 Å². The number of benzene rings is 2. The van der Waals surface area contributed by atoms with Gasteiger partial charge in [-0.3, -0.25) is 4.79 Å². The minimum atomic E-state index is -0.938. The van der Waals surface area contributed by atoms with E-state index in [-0.39, 0.29) is 35.0 Å². The summed E-state index contributed by atoms with van der Waals surface area (Å²) in [5.74, 6) is -0.526. The smallest absolute Gasteiger partial charge is 0.174 e. The van der Waals surface area contributed by atoms with Crippen molar-refractivity contribution < 1.29 is 24.9 Å². The van der Waals surface area contributed by atoms with Gasteiger partial charge >= 0.3 is 0 Å². The molecule has 6 heteroatoms. The molecule has 1 atom stereocenters. The Morgan fingerprint density at radius 1 is 1.19 bits per heavy atom. The zero-order valence-electron chi connectivity index (χ0n) is 14.8. The fourth-order valence-electron chi connectivity index (χ4n) is 3.10. The van der Waals surface area contributed by atoms with Crippen molar-refractivity contribution >= 4 is 11.5 Å². The number of aromatic hydroxyl groups is 2. The van der Waals surface area contributed by atoms with Crippen molar-refractivity contribution in [2.75, 3.05) is 5.73 Å². The van der Waals surface area contributed by atoms with Crippen LogP contribution in [0.5, 0.6) is 17.2 Å². The molecule has 1 aliphatic heterocycles. The van der Waals surface area contributed by atoms with E-state index in [1.807, 2.05) is 0 Å². The molecule has 1 unspecified atom stereocenters. The predicted octanol–water partition coefficient (Wildman–Crippen LogP) is 3.09. The van der Waals surface area contributed by atoms with E-state index in [0.29, 0.717) is 24.1 Å². The largest absolute Gasteiger partial charge is 0.507 e. The Bertz CT molecular complexity index is 837. The third kappa shape index (κ3) is 3.60. The molecular formula is C20H23NO5. The van der Waals surface area contributed by atoms with Crippen molar-refractivity contribution in [3.05, 3.63) is 47.0 Å². The summed E-state index contributed by atoms with van der Waals surface area (Å²) in [6, 6.07) is 8.19. The number of hydrogen-bond donors (Lipinski definition) is 4. The third-order valence-electron chi connectivity index (χ3n) is 4.54. The molecule has 1 aliphatic rings. The number of ketones is 1. The van der Waals surface area contributed by atoms with Crippen LogP contribution in [0.2, 0.25) is 0 Å². The summed E-state index contributed by atoms with van der Waals surface area (Å²) >= 11 is 0. The van der Waals surface area contributed by atoms with Crippen molar-refractivity contribution in [3.63, 3.8) is 0 Å². The molecule has 5 N–H and O–H groups in total. The molecule has 0 saturated carbocycles. The van der Waals surface area contributed by atoms with Crippen LogP contribution in [0.4, 0.5) is 5.69 Å². The Labute approximate surface area is 151 Å². The summed E-state index contributed by atoms with van der Waals surface area (Å²) in [5, 5.41) is 30.4. The molecule has 0 bridgehead atoms. The first kappa shape index (κ1) is 18.1. The van der Waals surface area contributed by atoms with Gasteiger partial charge in [-0.05, 0) is 44.4 Å². The molecule has 26 heavy (non-hydrogen) atoms. The number of nitrogens with two attached hydrogens (primary N) is 1. The van der Waals surface area contributed by atoms with E-state index in [2.05, 4.69) is 0 Å². The van der Waals surface area contributed by atoms with E-state index in [1.54, 1.807) is 38.1 Å². The number of rotatable bonds is 4. The molecule has 3 rings (SSSR count). The SMILES string of the molecule is CC(C)(O)CCc1c(O)cc(O)c2c1OC(c1ccc(N)cc1)CC2=O. The van der Waals surface area contributed by atoms with Crippen LogP contribution in [0, 0.1) is 0 Å². The first-order valence-corrected chi connectivity index (χ1v) is 8.51. The normalized spacial score (nSPS) is 16.9. The number of Topliss-reactive ketones (excluding diaryl/α,β-unsaturated/α-hetero) is 1. The molecule has 0 aliphatic carbocycles. The lowest BCUT2D eigenvalue weighted by molar-refractivity contribution is 0.0706. The fraction of sp³-hybridized carbons (Fsp3) is 0.350. The average Bonchev–Trinajstić information content (AvgIpc) is 2.53. The predicted molar refractivity (Wildman–Crippen MR) is 97.6 cm³/mol. The summed E-state index contributed by atoms with van der Waals surface area (Å²) in [6.07, 6.45) is 0.222. The van der Waals surface area contributed by atoms with Crippen molar-refractivity contribution in [1.82, 2.24) is 0 Å². The number of nitrogen functional groups attached to an aromatic ring is 1. The first-order chi connectivity index (χ1) is 12.2. The highest BCUT2D eigenvalue weighted by atomic mass is 16.5. The van der Waals surface area contributed by atoms with Crippen LogP contribution < -0.4 is 10.5 Å². The third-order valence-corrected chi connectivity index (χ3v) is 4.54. The molecule has 0 saturated heterocycles. The zero-order valence-corrected chi connectivity index (χ0v) is 14.8. The Hall–Kier alpha value is -2.73. The van der Waals surface area contributed by atoms with Gasteiger partial charge in [-0.25, -0.2) is 0 Å². The number of phenolic OH excluding ortho intramolecular Hbond substituents is 2. The summed E-state index contributed by atoms with van der Waals surface area (Å²) in [7, 11) is 0. The summed E-state index contributed by atoms with van der Waals surface area (Å²) in [5.41, 5.74) is 6.66. The number of fused-ring (bicyclic) bond motifs is 1. The van der Waals surface area contributed by atoms with Gasteiger partial charge in [0.05, 0.1) is 12.0 Å². The van der Waals surface area contributed by atoms with Gasteiger partial charge in [0.25, 0.3) is 0 Å². The van der Waals surface area contributed by atoms with E-state index in [4.69, 9.17) is 10.5 Å². The fourth-order valence-corrected chi connectivity index (χ4v) is 3.10. The van der Waals surface area contributed by atoms with E-state index in [9.17, 15) is 20.1 Å². The second kappa shape index (κ2) is 6.53. The van der Waals surface area contributed by atoms with Crippen LogP contribution >= 0.6 is 0 Å². The lowest BCUT2D eigenvalue weighted by atomic mass is 9.90. The summed E-state index contributed by atoms with van der Waals surface area (Å²) in [6.45, 7) is 3.33. The number of anilines is 1. The molecule has 0 fully saturated rings. The second-order valence-corrected chi connectivity index (χ2v) is 7.31. The molecule has 1 heterocycles. The van der Waals surface area contributed by atoms with Gasteiger partial charge in [-0.2, -0.15) is 0 Å². The lowest BCUT2D eigenvalue weighted by Crippen LogP contribution is -2.23. The highest BCUT2D eigenvalue weighted by Gasteiger charge is 2.33. The van der Waals surface area contributed by atoms with Crippen LogP contribution in [0.25, 0.3) is 0 Å². The monoisotopic (exact) mass is 357 g/mol. The highest BCUT2D eigenvalue weighted by Crippen LogP contribution is 2.45. The Morgan fingerprint density at radius 3 is 2.46 bits per heavy atom. The molecule has 6 nitrogen and oxygen atoms in total. The molecule has 138 valence electrons. The topological polar surface area (TPSA) is 113 Å². The van der Waals surface area contributed by atoms with Crippen LogP contribution in [0.1, 0.15) is 54.3 Å². The van der Waals surface area contributed by atoms with Crippen molar-refractivity contribution in [3.8, 4) is 17.2 Å². The molecule has 0 spiro atoms. The van der Waals surface area contributed by atoms with Crippen LogP contribution in [0.3, 0.4) is 0 Å². The van der Waals surface area contributed by atoms with E-state index < -0.39 is 11.7 Å². The maximum absolute atomic E-state index is 12.6. The quantitative estimate of drug-likeness (QED) is 0.626. The van der Waals surface area contributed by atoms with Gasteiger partial charge in [0, 0.05) is 17.3 Å². The Morgan fingerprint density at radius 2 is 1.85 bits per heavy atom. The number of ether oxygens (including phenoxy) is 1. The number of aliphatic hydroxyl groups is 1. The highest BCUT2D eigenvalue weighted by molar-refractivity contribution is 6.03. The van der Waals surface area contributed by atoms with Gasteiger partial charge in [-0.1, -0.05) is 12.1 Å². The van der Waals surface area contributed by atoms with Gasteiger partial charge < -0.3 is 25.8 Å². The standard InChI is InChI=1S/C20H23NO5/c1-20(2,25)8-7-13-14(22)9-15(23)18-16(24)10-17(26-19(13)18)11-3-5-12(21)6-4-11/h3-6,9,17,22-23,25H,7-8,10,21H2,1-2H3. The summed E-state index contributed by atoms with van der Waals surface area (Å²) in [4.78, 5) is 12.6. The molecule has 2 aromatic carbocycles. The van der Waals surface area contributed by atoms with Gasteiger partial charge in [0.1, 0.15) is 28.9 Å². The molecule has 0 radical (unpaired) electrons. The minimum absolute atomic E-state index is 0.0835.